The quantitative estimate of drug-likeness (QED) is 0.585. The van der Waals surface area contributed by atoms with Gasteiger partial charge in [0, 0.05) is 18.2 Å². The number of hydrogen-bond acceptors (Lipinski definition) is 1. The van der Waals surface area contributed by atoms with Crippen molar-refractivity contribution >= 4 is 0 Å². The number of fused-ring (bicyclic) bond motifs is 1. The Labute approximate surface area is 76.2 Å². The lowest BCUT2D eigenvalue weighted by Gasteiger charge is -2.18. The summed E-state index contributed by atoms with van der Waals surface area (Å²) < 4.78 is 0. The first-order valence-electron chi connectivity index (χ1n) is 5.32. The van der Waals surface area contributed by atoms with Crippen LogP contribution in [0.1, 0.15) is 40.0 Å². The second kappa shape index (κ2) is 4.54. The van der Waals surface area contributed by atoms with Crippen molar-refractivity contribution in [1.29, 1.82) is 0 Å². The standard InChI is InChI=1S/C9H15N.C2H6/c1-7-6-10-9-5-3-2-4-8(7)9;1-2/h5,7-8,10H,2-4,6H2,1H3;1-2H3/t7-,8?;/m1./s1. The van der Waals surface area contributed by atoms with Gasteiger partial charge in [0.25, 0.3) is 0 Å². The van der Waals surface area contributed by atoms with Crippen molar-refractivity contribution in [3.05, 3.63) is 11.8 Å². The molecular formula is C11H21N. The number of nitrogens with one attached hydrogen (secondary N) is 1. The SMILES string of the molecule is CC.C[C@@H]1CNC2=CCCCC21. The van der Waals surface area contributed by atoms with Crippen LogP contribution in [-0.2, 0) is 0 Å². The molecule has 0 spiro atoms. The molecule has 0 amide bonds. The van der Waals surface area contributed by atoms with E-state index in [1.54, 1.807) is 5.70 Å². The molecular weight excluding hydrogens is 146 g/mol. The van der Waals surface area contributed by atoms with Crippen molar-refractivity contribution in [2.24, 2.45) is 11.8 Å². The average Bonchev–Trinajstić information content (AvgIpc) is 2.53. The van der Waals surface area contributed by atoms with Crippen molar-refractivity contribution in [2.75, 3.05) is 6.54 Å². The summed E-state index contributed by atoms with van der Waals surface area (Å²) in [5, 5.41) is 3.47. The predicted octanol–water partition coefficient (Wildman–Crippen LogP) is 2.94. The molecule has 2 rings (SSSR count). The van der Waals surface area contributed by atoms with Crippen LogP contribution < -0.4 is 5.32 Å². The van der Waals surface area contributed by atoms with Crippen LogP contribution in [0.2, 0.25) is 0 Å². The van der Waals surface area contributed by atoms with Gasteiger partial charge in [-0.2, -0.15) is 0 Å². The zero-order valence-corrected chi connectivity index (χ0v) is 8.56. The summed E-state index contributed by atoms with van der Waals surface area (Å²) in [4.78, 5) is 0. The topological polar surface area (TPSA) is 12.0 Å². The maximum absolute atomic E-state index is 3.47. The zero-order valence-electron chi connectivity index (χ0n) is 8.56. The van der Waals surface area contributed by atoms with E-state index >= 15 is 0 Å². The summed E-state index contributed by atoms with van der Waals surface area (Å²) in [5.41, 5.74) is 1.54. The Bertz CT molecular complexity index is 160. The smallest absolute Gasteiger partial charge is 0.0176 e. The Morgan fingerprint density at radius 3 is 2.83 bits per heavy atom. The van der Waals surface area contributed by atoms with Gasteiger partial charge in [-0.1, -0.05) is 26.8 Å². The van der Waals surface area contributed by atoms with Gasteiger partial charge in [0.15, 0.2) is 0 Å². The van der Waals surface area contributed by atoms with Gasteiger partial charge in [0.1, 0.15) is 0 Å². The third-order valence-electron chi connectivity index (χ3n) is 2.80. The molecule has 1 heterocycles. The second-order valence-electron chi connectivity index (χ2n) is 3.56. The Hall–Kier alpha value is -0.460. The summed E-state index contributed by atoms with van der Waals surface area (Å²) in [6, 6.07) is 0. The minimum atomic E-state index is 0.881. The molecule has 0 radical (unpaired) electrons. The molecule has 0 aromatic heterocycles. The second-order valence-corrected chi connectivity index (χ2v) is 3.56. The van der Waals surface area contributed by atoms with Crippen molar-refractivity contribution in [2.45, 2.75) is 40.0 Å². The van der Waals surface area contributed by atoms with Gasteiger partial charge in [-0.25, -0.2) is 0 Å². The first kappa shape index (κ1) is 9.63. The van der Waals surface area contributed by atoms with E-state index in [-0.39, 0.29) is 0 Å². The molecule has 0 saturated carbocycles. The Morgan fingerprint density at radius 1 is 1.42 bits per heavy atom. The molecule has 0 aromatic carbocycles. The molecule has 1 aliphatic carbocycles. The van der Waals surface area contributed by atoms with Crippen LogP contribution in [0.3, 0.4) is 0 Å². The van der Waals surface area contributed by atoms with Crippen LogP contribution in [-0.4, -0.2) is 6.54 Å². The first-order valence-corrected chi connectivity index (χ1v) is 5.32. The van der Waals surface area contributed by atoms with Gasteiger partial charge in [0.05, 0.1) is 0 Å². The van der Waals surface area contributed by atoms with Gasteiger partial charge >= 0.3 is 0 Å². The van der Waals surface area contributed by atoms with Crippen LogP contribution in [0.15, 0.2) is 11.8 Å². The zero-order chi connectivity index (χ0) is 8.97. The maximum Gasteiger partial charge on any atom is 0.0176 e. The molecule has 1 nitrogen and oxygen atoms in total. The third-order valence-corrected chi connectivity index (χ3v) is 2.80. The Kier molecular flexibility index (Phi) is 3.64. The van der Waals surface area contributed by atoms with Crippen LogP contribution in [0.25, 0.3) is 0 Å². The highest BCUT2D eigenvalue weighted by Gasteiger charge is 2.28. The van der Waals surface area contributed by atoms with E-state index in [0.717, 1.165) is 11.8 Å². The fourth-order valence-electron chi connectivity index (χ4n) is 2.12. The maximum atomic E-state index is 3.47. The molecule has 1 fully saturated rings. The van der Waals surface area contributed by atoms with Crippen molar-refractivity contribution in [3.8, 4) is 0 Å². The molecule has 1 heteroatoms. The molecule has 0 bridgehead atoms. The van der Waals surface area contributed by atoms with E-state index in [1.807, 2.05) is 13.8 Å². The van der Waals surface area contributed by atoms with Crippen molar-refractivity contribution in [1.82, 2.24) is 5.32 Å². The molecule has 1 unspecified atom stereocenters. The van der Waals surface area contributed by atoms with Crippen LogP contribution in [0.5, 0.6) is 0 Å². The fourth-order valence-corrected chi connectivity index (χ4v) is 2.12. The molecule has 12 heavy (non-hydrogen) atoms. The van der Waals surface area contributed by atoms with E-state index < -0.39 is 0 Å². The molecule has 0 aromatic rings. The molecule has 2 aliphatic rings. The Morgan fingerprint density at radius 2 is 2.17 bits per heavy atom. The van der Waals surface area contributed by atoms with Crippen LogP contribution in [0.4, 0.5) is 0 Å². The number of allylic oxidation sites excluding steroid dienone is 2. The van der Waals surface area contributed by atoms with Gasteiger partial charge in [0.2, 0.25) is 0 Å². The number of hydrogen-bond donors (Lipinski definition) is 1. The van der Waals surface area contributed by atoms with Gasteiger partial charge in [-0.05, 0) is 25.2 Å². The van der Waals surface area contributed by atoms with Crippen LogP contribution in [0, 0.1) is 11.8 Å². The molecule has 1 saturated heterocycles. The summed E-state index contributed by atoms with van der Waals surface area (Å²) in [7, 11) is 0. The third kappa shape index (κ3) is 1.82. The van der Waals surface area contributed by atoms with E-state index in [0.29, 0.717) is 0 Å². The van der Waals surface area contributed by atoms with Gasteiger partial charge in [-0.3, -0.25) is 0 Å². The van der Waals surface area contributed by atoms with Crippen LogP contribution >= 0.6 is 0 Å². The lowest BCUT2D eigenvalue weighted by atomic mass is 9.86. The summed E-state index contributed by atoms with van der Waals surface area (Å²) in [6.07, 6.45) is 6.50. The predicted molar refractivity (Wildman–Crippen MR) is 53.9 cm³/mol. The fraction of sp³-hybridized carbons (Fsp3) is 0.818. The van der Waals surface area contributed by atoms with E-state index in [2.05, 4.69) is 18.3 Å². The van der Waals surface area contributed by atoms with E-state index in [4.69, 9.17) is 0 Å². The van der Waals surface area contributed by atoms with Crippen molar-refractivity contribution < 1.29 is 0 Å². The van der Waals surface area contributed by atoms with Crippen molar-refractivity contribution in [3.63, 3.8) is 0 Å². The molecule has 1 N–H and O–H groups in total. The Balaban J connectivity index is 0.000000336. The van der Waals surface area contributed by atoms with E-state index in [1.165, 1.54) is 25.8 Å². The molecule has 1 aliphatic heterocycles. The largest absolute Gasteiger partial charge is 0.388 e. The highest BCUT2D eigenvalue weighted by Crippen LogP contribution is 2.33. The highest BCUT2D eigenvalue weighted by molar-refractivity contribution is 5.13. The highest BCUT2D eigenvalue weighted by atomic mass is 14.9. The first-order chi connectivity index (χ1) is 5.88. The summed E-state index contributed by atoms with van der Waals surface area (Å²) in [6.45, 7) is 7.56. The lowest BCUT2D eigenvalue weighted by molar-refractivity contribution is 0.426. The normalized spacial score (nSPS) is 32.4. The summed E-state index contributed by atoms with van der Waals surface area (Å²) in [5.74, 6) is 1.76. The molecule has 2 atom stereocenters. The molecule has 70 valence electrons. The minimum absolute atomic E-state index is 0.881. The van der Waals surface area contributed by atoms with E-state index in [9.17, 15) is 0 Å². The average molecular weight is 167 g/mol. The monoisotopic (exact) mass is 167 g/mol. The van der Waals surface area contributed by atoms with Gasteiger partial charge in [-0.15, -0.1) is 0 Å². The summed E-state index contributed by atoms with van der Waals surface area (Å²) >= 11 is 0. The van der Waals surface area contributed by atoms with Gasteiger partial charge < -0.3 is 5.32 Å². The minimum Gasteiger partial charge on any atom is -0.388 e. The number of rotatable bonds is 0. The lowest BCUT2D eigenvalue weighted by Crippen LogP contribution is -2.11.